The van der Waals surface area contributed by atoms with Crippen LogP contribution < -0.4 is 15.8 Å². The van der Waals surface area contributed by atoms with Gasteiger partial charge in [-0.25, -0.2) is 13.6 Å². The minimum atomic E-state index is -3.79. The lowest BCUT2D eigenvalue weighted by molar-refractivity contribution is -0.113. The van der Waals surface area contributed by atoms with Gasteiger partial charge in [0.1, 0.15) is 0 Å². The number of fused-ring (bicyclic) bond motifs is 1. The highest BCUT2D eigenvalue weighted by atomic mass is 32.2. The average molecular weight is 377 g/mol. The number of benzene rings is 2. The normalized spacial score (nSPS) is 13.7. The van der Waals surface area contributed by atoms with Crippen LogP contribution in [0.4, 0.5) is 5.69 Å². The number of anilines is 1. The molecule has 130 valence electrons. The topological polar surface area (TPSA) is 118 Å². The van der Waals surface area contributed by atoms with Crippen molar-refractivity contribution in [2.24, 2.45) is 5.14 Å². The summed E-state index contributed by atoms with van der Waals surface area (Å²) in [5, 5.41) is 10.5. The van der Waals surface area contributed by atoms with Gasteiger partial charge in [0, 0.05) is 17.0 Å². The minimum absolute atomic E-state index is 0.00670. The number of carbonyl (C=O) groups excluding carboxylic acids is 2. The molecule has 0 radical (unpaired) electrons. The zero-order valence-electron chi connectivity index (χ0n) is 13.0. The molecule has 1 aliphatic heterocycles. The van der Waals surface area contributed by atoms with Gasteiger partial charge in [-0.3, -0.25) is 9.59 Å². The van der Waals surface area contributed by atoms with E-state index < -0.39 is 10.0 Å². The summed E-state index contributed by atoms with van der Waals surface area (Å²) >= 11 is 1.42. The minimum Gasteiger partial charge on any atom is -0.348 e. The molecule has 0 bridgehead atoms. The molecule has 0 unspecified atom stereocenters. The third-order valence-electron chi connectivity index (χ3n) is 3.55. The van der Waals surface area contributed by atoms with Crippen molar-refractivity contribution >= 4 is 39.3 Å². The molecule has 0 aromatic heterocycles. The van der Waals surface area contributed by atoms with Crippen molar-refractivity contribution in [1.82, 2.24) is 5.32 Å². The van der Waals surface area contributed by atoms with Crippen LogP contribution in [0.15, 0.2) is 52.3 Å². The second-order valence-electron chi connectivity index (χ2n) is 5.42. The van der Waals surface area contributed by atoms with Crippen molar-refractivity contribution in [3.8, 4) is 0 Å². The van der Waals surface area contributed by atoms with Gasteiger partial charge < -0.3 is 10.6 Å². The number of nitrogens with one attached hydrogen (secondary N) is 2. The summed E-state index contributed by atoms with van der Waals surface area (Å²) in [4.78, 5) is 24.6. The first-order valence-corrected chi connectivity index (χ1v) is 9.83. The molecule has 3 rings (SSSR count). The molecule has 1 heterocycles. The Morgan fingerprint density at radius 3 is 2.80 bits per heavy atom. The number of nitrogens with two attached hydrogens (primary N) is 1. The van der Waals surface area contributed by atoms with Crippen molar-refractivity contribution < 1.29 is 18.0 Å². The molecule has 2 aromatic rings. The van der Waals surface area contributed by atoms with Gasteiger partial charge in [-0.15, -0.1) is 11.8 Å². The molecule has 0 atom stereocenters. The van der Waals surface area contributed by atoms with E-state index in [0.29, 0.717) is 22.6 Å². The van der Waals surface area contributed by atoms with Gasteiger partial charge >= 0.3 is 0 Å². The van der Waals surface area contributed by atoms with E-state index in [1.807, 2.05) is 0 Å². The predicted molar refractivity (Wildman–Crippen MR) is 94.8 cm³/mol. The van der Waals surface area contributed by atoms with Crippen LogP contribution in [0.1, 0.15) is 15.9 Å². The van der Waals surface area contributed by atoms with Crippen LogP contribution in [0, 0.1) is 0 Å². The van der Waals surface area contributed by atoms with E-state index in [4.69, 9.17) is 5.14 Å². The van der Waals surface area contributed by atoms with Gasteiger partial charge in [-0.2, -0.15) is 0 Å². The highest BCUT2D eigenvalue weighted by molar-refractivity contribution is 8.00. The number of amides is 2. The van der Waals surface area contributed by atoms with Crippen molar-refractivity contribution in [2.45, 2.75) is 16.3 Å². The zero-order valence-corrected chi connectivity index (χ0v) is 14.6. The second kappa shape index (κ2) is 6.87. The van der Waals surface area contributed by atoms with E-state index in [-0.39, 0.29) is 23.3 Å². The van der Waals surface area contributed by atoms with Crippen LogP contribution in [-0.2, 0) is 21.4 Å². The molecule has 0 spiro atoms. The van der Waals surface area contributed by atoms with E-state index >= 15 is 0 Å². The number of thioether (sulfide) groups is 1. The Morgan fingerprint density at radius 2 is 2.04 bits per heavy atom. The number of hydrogen-bond donors (Lipinski definition) is 3. The lowest BCUT2D eigenvalue weighted by atomic mass is 10.1. The smallest absolute Gasteiger partial charge is 0.251 e. The van der Waals surface area contributed by atoms with Crippen molar-refractivity contribution in [1.29, 1.82) is 0 Å². The average Bonchev–Trinajstić information content (AvgIpc) is 2.58. The maximum atomic E-state index is 12.3. The maximum absolute atomic E-state index is 12.3. The Kier molecular flexibility index (Phi) is 4.80. The lowest BCUT2D eigenvalue weighted by Crippen LogP contribution is -2.24. The summed E-state index contributed by atoms with van der Waals surface area (Å²) in [6, 6.07) is 11.2. The summed E-state index contributed by atoms with van der Waals surface area (Å²) in [6.07, 6.45) is 0. The molecule has 2 amide bonds. The third kappa shape index (κ3) is 4.19. The van der Waals surface area contributed by atoms with Gasteiger partial charge in [0.2, 0.25) is 15.9 Å². The van der Waals surface area contributed by atoms with Crippen LogP contribution in [0.25, 0.3) is 0 Å². The maximum Gasteiger partial charge on any atom is 0.251 e. The second-order valence-corrected chi connectivity index (χ2v) is 8.00. The van der Waals surface area contributed by atoms with Gasteiger partial charge in [-0.05, 0) is 35.9 Å². The Balaban J connectivity index is 1.71. The van der Waals surface area contributed by atoms with Gasteiger partial charge in [-0.1, -0.05) is 12.1 Å². The van der Waals surface area contributed by atoms with Gasteiger partial charge in [0.25, 0.3) is 5.91 Å². The highest BCUT2D eigenvalue weighted by Crippen LogP contribution is 2.31. The SMILES string of the molecule is NS(=O)(=O)c1cccc(CNC(=O)c2ccc3c(c2)NC(=O)CS3)c1. The highest BCUT2D eigenvalue weighted by Gasteiger charge is 2.17. The van der Waals surface area contributed by atoms with E-state index in [2.05, 4.69) is 10.6 Å². The molecular weight excluding hydrogens is 362 g/mol. The zero-order chi connectivity index (χ0) is 18.0. The number of sulfonamides is 1. The Morgan fingerprint density at radius 1 is 1.24 bits per heavy atom. The van der Waals surface area contributed by atoms with Crippen molar-refractivity contribution in [3.05, 3.63) is 53.6 Å². The standard InChI is InChI=1S/C16H15N3O4S2/c17-25(22,23)12-3-1-2-10(6-12)8-18-16(21)11-4-5-14-13(7-11)19-15(20)9-24-14/h1-7H,8-9H2,(H,18,21)(H,19,20)(H2,17,22,23). The molecule has 0 fully saturated rings. The van der Waals surface area contributed by atoms with Crippen LogP contribution in [0.2, 0.25) is 0 Å². The molecule has 0 aliphatic carbocycles. The number of carbonyl (C=O) groups is 2. The van der Waals surface area contributed by atoms with Gasteiger partial charge in [0.05, 0.1) is 16.3 Å². The third-order valence-corrected chi connectivity index (χ3v) is 5.54. The summed E-state index contributed by atoms with van der Waals surface area (Å²) in [5.74, 6) is -0.0673. The summed E-state index contributed by atoms with van der Waals surface area (Å²) < 4.78 is 22.7. The largest absolute Gasteiger partial charge is 0.348 e. The van der Waals surface area contributed by atoms with Crippen LogP contribution in [-0.4, -0.2) is 26.0 Å². The van der Waals surface area contributed by atoms with E-state index in [1.165, 1.54) is 23.9 Å². The molecule has 1 aliphatic rings. The van der Waals surface area contributed by atoms with Crippen molar-refractivity contribution in [2.75, 3.05) is 11.1 Å². The Labute approximate surface area is 149 Å². The van der Waals surface area contributed by atoms with E-state index in [9.17, 15) is 18.0 Å². The first-order valence-electron chi connectivity index (χ1n) is 7.29. The molecule has 2 aromatic carbocycles. The van der Waals surface area contributed by atoms with Gasteiger partial charge in [0.15, 0.2) is 0 Å². The summed E-state index contributed by atoms with van der Waals surface area (Å²) in [7, 11) is -3.79. The van der Waals surface area contributed by atoms with Crippen LogP contribution in [0.3, 0.4) is 0 Å². The molecule has 4 N–H and O–H groups in total. The lowest BCUT2D eigenvalue weighted by Gasteiger charge is -2.17. The summed E-state index contributed by atoms with van der Waals surface area (Å²) in [5.41, 5.74) is 1.64. The molecule has 0 saturated heterocycles. The first-order chi connectivity index (χ1) is 11.8. The predicted octanol–water partition coefficient (Wildman–Crippen LogP) is 1.31. The number of primary sulfonamides is 1. The Hall–Kier alpha value is -2.36. The van der Waals surface area contributed by atoms with E-state index in [0.717, 1.165) is 4.90 Å². The quantitative estimate of drug-likeness (QED) is 0.742. The molecule has 7 nitrogen and oxygen atoms in total. The van der Waals surface area contributed by atoms with Crippen LogP contribution in [0.5, 0.6) is 0 Å². The van der Waals surface area contributed by atoms with E-state index in [1.54, 1.807) is 30.3 Å². The molecule has 0 saturated carbocycles. The fourth-order valence-electron chi connectivity index (χ4n) is 2.34. The number of rotatable bonds is 4. The Bertz CT molecular complexity index is 958. The monoisotopic (exact) mass is 377 g/mol. The fraction of sp³-hybridized carbons (Fsp3) is 0.125. The molecule has 25 heavy (non-hydrogen) atoms. The first kappa shape index (κ1) is 17.5. The number of hydrogen-bond acceptors (Lipinski definition) is 5. The molecular formula is C16H15N3O4S2. The summed E-state index contributed by atoms with van der Waals surface area (Å²) in [6.45, 7) is 0.153. The molecule has 9 heteroatoms. The van der Waals surface area contributed by atoms with Crippen LogP contribution >= 0.6 is 11.8 Å². The van der Waals surface area contributed by atoms with Crippen molar-refractivity contribution in [3.63, 3.8) is 0 Å². The fourth-order valence-corrected chi connectivity index (χ4v) is 3.71.